The van der Waals surface area contributed by atoms with E-state index in [1.807, 2.05) is 19.9 Å². The van der Waals surface area contributed by atoms with Gasteiger partial charge in [-0.05, 0) is 18.1 Å². The van der Waals surface area contributed by atoms with E-state index >= 15 is 0 Å². The van der Waals surface area contributed by atoms with Gasteiger partial charge in [0.1, 0.15) is 0 Å². The van der Waals surface area contributed by atoms with Gasteiger partial charge in [0.2, 0.25) is 0 Å². The normalized spacial score (nSPS) is 10.2. The van der Waals surface area contributed by atoms with Gasteiger partial charge in [-0.2, -0.15) is 5.26 Å². The minimum absolute atomic E-state index is 0.217. The first-order valence-corrected chi connectivity index (χ1v) is 7.41. The second-order valence-electron chi connectivity index (χ2n) is 5.33. The molecular formula is C16H21ClN2O3. The number of benzene rings is 1. The van der Waals surface area contributed by atoms with Gasteiger partial charge in [0.05, 0.1) is 31.2 Å². The Bertz CT molecular complexity index is 567. The van der Waals surface area contributed by atoms with Crippen LogP contribution in [0.2, 0.25) is 5.02 Å². The first kappa shape index (κ1) is 18.1. The minimum Gasteiger partial charge on any atom is -0.493 e. The van der Waals surface area contributed by atoms with E-state index in [-0.39, 0.29) is 12.3 Å². The maximum absolute atomic E-state index is 12.3. The van der Waals surface area contributed by atoms with Gasteiger partial charge in [-0.25, -0.2) is 0 Å². The standard InChI is InChI=1S/C16H21ClN2O3/c1-11(2)10-22-15-13(17)8-12(9-14(15)21-4)16(20)19(3)7-5-6-18/h8-9,11H,5,7,10H2,1-4H3. The molecule has 0 atom stereocenters. The lowest BCUT2D eigenvalue weighted by molar-refractivity contribution is 0.0797. The molecule has 22 heavy (non-hydrogen) atoms. The number of carbonyl (C=O) groups is 1. The van der Waals surface area contributed by atoms with Crippen molar-refractivity contribution in [2.75, 3.05) is 27.3 Å². The molecule has 0 saturated carbocycles. The van der Waals surface area contributed by atoms with Gasteiger partial charge in [-0.15, -0.1) is 0 Å². The van der Waals surface area contributed by atoms with E-state index in [2.05, 4.69) is 0 Å². The van der Waals surface area contributed by atoms with Crippen LogP contribution in [0.1, 0.15) is 30.6 Å². The minimum atomic E-state index is -0.217. The Labute approximate surface area is 136 Å². The molecule has 1 rings (SSSR count). The third-order valence-corrected chi connectivity index (χ3v) is 3.22. The Kier molecular flexibility index (Phi) is 7.00. The SMILES string of the molecule is COc1cc(C(=O)N(C)CCC#N)cc(Cl)c1OCC(C)C. The fraction of sp³-hybridized carbons (Fsp3) is 0.500. The van der Waals surface area contributed by atoms with Crippen LogP contribution in [0.15, 0.2) is 12.1 Å². The molecule has 0 bridgehead atoms. The van der Waals surface area contributed by atoms with Crippen molar-refractivity contribution in [1.82, 2.24) is 4.90 Å². The average Bonchev–Trinajstić information content (AvgIpc) is 2.49. The lowest BCUT2D eigenvalue weighted by atomic mass is 10.1. The van der Waals surface area contributed by atoms with Crippen molar-refractivity contribution in [2.24, 2.45) is 5.92 Å². The van der Waals surface area contributed by atoms with Gasteiger partial charge < -0.3 is 14.4 Å². The summed E-state index contributed by atoms with van der Waals surface area (Å²) in [7, 11) is 3.14. The van der Waals surface area contributed by atoms with Gasteiger partial charge in [0.25, 0.3) is 5.91 Å². The predicted octanol–water partition coefficient (Wildman–Crippen LogP) is 3.37. The molecule has 0 aromatic heterocycles. The van der Waals surface area contributed by atoms with Crippen molar-refractivity contribution in [2.45, 2.75) is 20.3 Å². The molecule has 0 aliphatic carbocycles. The second-order valence-corrected chi connectivity index (χ2v) is 5.74. The summed E-state index contributed by atoms with van der Waals surface area (Å²) < 4.78 is 10.9. The fourth-order valence-corrected chi connectivity index (χ4v) is 2.04. The first-order chi connectivity index (χ1) is 10.4. The zero-order valence-electron chi connectivity index (χ0n) is 13.4. The van der Waals surface area contributed by atoms with Gasteiger partial charge in [-0.3, -0.25) is 4.79 Å². The number of ether oxygens (including phenoxy) is 2. The van der Waals surface area contributed by atoms with Crippen LogP contribution < -0.4 is 9.47 Å². The first-order valence-electron chi connectivity index (χ1n) is 7.03. The lowest BCUT2D eigenvalue weighted by Crippen LogP contribution is -2.27. The molecule has 0 aliphatic rings. The summed E-state index contributed by atoms with van der Waals surface area (Å²) in [6.45, 7) is 4.93. The monoisotopic (exact) mass is 324 g/mol. The zero-order valence-corrected chi connectivity index (χ0v) is 14.1. The Morgan fingerprint density at radius 3 is 2.68 bits per heavy atom. The molecule has 0 saturated heterocycles. The number of rotatable bonds is 7. The molecule has 1 aromatic carbocycles. The van der Waals surface area contributed by atoms with Gasteiger partial charge in [0.15, 0.2) is 11.5 Å². The predicted molar refractivity (Wildman–Crippen MR) is 85.5 cm³/mol. The highest BCUT2D eigenvalue weighted by Crippen LogP contribution is 2.37. The molecule has 0 unspecified atom stereocenters. The summed E-state index contributed by atoms with van der Waals surface area (Å²) in [6.07, 6.45) is 0.280. The number of amides is 1. The summed E-state index contributed by atoms with van der Waals surface area (Å²) in [5.41, 5.74) is 0.402. The van der Waals surface area contributed by atoms with Gasteiger partial charge in [-0.1, -0.05) is 25.4 Å². The number of carbonyl (C=O) groups excluding carboxylic acids is 1. The van der Waals surface area contributed by atoms with Crippen LogP contribution in [-0.4, -0.2) is 38.1 Å². The quantitative estimate of drug-likeness (QED) is 0.771. The smallest absolute Gasteiger partial charge is 0.253 e. The van der Waals surface area contributed by atoms with Crippen molar-refractivity contribution < 1.29 is 14.3 Å². The Morgan fingerprint density at radius 1 is 1.45 bits per heavy atom. The van der Waals surface area contributed by atoms with Crippen LogP contribution in [0.4, 0.5) is 0 Å². The summed E-state index contributed by atoms with van der Waals surface area (Å²) in [4.78, 5) is 13.8. The Morgan fingerprint density at radius 2 is 2.14 bits per heavy atom. The van der Waals surface area contributed by atoms with E-state index in [4.69, 9.17) is 26.3 Å². The topological polar surface area (TPSA) is 62.6 Å². The summed E-state index contributed by atoms with van der Waals surface area (Å²) >= 11 is 6.22. The molecule has 0 spiro atoms. The maximum atomic E-state index is 12.3. The number of methoxy groups -OCH3 is 1. The number of hydrogen-bond acceptors (Lipinski definition) is 4. The van der Waals surface area contributed by atoms with Crippen LogP contribution in [0.25, 0.3) is 0 Å². The van der Waals surface area contributed by atoms with Crippen LogP contribution >= 0.6 is 11.6 Å². The molecule has 0 N–H and O–H groups in total. The number of nitrogens with zero attached hydrogens (tertiary/aromatic N) is 2. The van der Waals surface area contributed by atoms with Crippen LogP contribution in [0, 0.1) is 17.2 Å². The van der Waals surface area contributed by atoms with E-state index in [9.17, 15) is 4.79 Å². The van der Waals surface area contributed by atoms with Gasteiger partial charge in [0, 0.05) is 19.2 Å². The third-order valence-electron chi connectivity index (χ3n) is 2.94. The average molecular weight is 325 g/mol. The van der Waals surface area contributed by atoms with Crippen molar-refractivity contribution in [3.8, 4) is 17.6 Å². The fourth-order valence-electron chi connectivity index (χ4n) is 1.77. The Balaban J connectivity index is 3.02. The van der Waals surface area contributed by atoms with E-state index in [0.717, 1.165) is 0 Å². The largest absolute Gasteiger partial charge is 0.493 e. The molecule has 1 aromatic rings. The highest BCUT2D eigenvalue weighted by Gasteiger charge is 2.18. The van der Waals surface area contributed by atoms with E-state index in [1.165, 1.54) is 12.0 Å². The summed E-state index contributed by atoms with van der Waals surface area (Å²) in [5.74, 6) is 0.990. The van der Waals surface area contributed by atoms with E-state index in [1.54, 1.807) is 19.2 Å². The molecule has 0 aliphatic heterocycles. The van der Waals surface area contributed by atoms with Crippen LogP contribution in [-0.2, 0) is 0 Å². The van der Waals surface area contributed by atoms with Crippen molar-refractivity contribution in [3.63, 3.8) is 0 Å². The molecule has 5 nitrogen and oxygen atoms in total. The van der Waals surface area contributed by atoms with E-state index < -0.39 is 0 Å². The molecular weight excluding hydrogens is 304 g/mol. The molecule has 0 radical (unpaired) electrons. The lowest BCUT2D eigenvalue weighted by Gasteiger charge is -2.18. The number of hydrogen-bond donors (Lipinski definition) is 0. The van der Waals surface area contributed by atoms with Crippen molar-refractivity contribution >= 4 is 17.5 Å². The van der Waals surface area contributed by atoms with Crippen molar-refractivity contribution in [3.05, 3.63) is 22.7 Å². The van der Waals surface area contributed by atoms with Crippen LogP contribution in [0.5, 0.6) is 11.5 Å². The highest BCUT2D eigenvalue weighted by atomic mass is 35.5. The highest BCUT2D eigenvalue weighted by molar-refractivity contribution is 6.32. The zero-order chi connectivity index (χ0) is 16.7. The number of nitriles is 1. The molecule has 0 heterocycles. The summed E-state index contributed by atoms with van der Waals surface area (Å²) in [6, 6.07) is 5.18. The van der Waals surface area contributed by atoms with Crippen molar-refractivity contribution in [1.29, 1.82) is 5.26 Å². The molecule has 6 heteroatoms. The number of halogens is 1. The molecule has 0 fully saturated rings. The van der Waals surface area contributed by atoms with E-state index in [0.29, 0.717) is 41.2 Å². The maximum Gasteiger partial charge on any atom is 0.253 e. The van der Waals surface area contributed by atoms with Gasteiger partial charge >= 0.3 is 0 Å². The second kappa shape index (κ2) is 8.50. The third kappa shape index (κ3) is 4.81. The Hall–Kier alpha value is -1.93. The van der Waals surface area contributed by atoms with Crippen LogP contribution in [0.3, 0.4) is 0 Å². The molecule has 1 amide bonds. The summed E-state index contributed by atoms with van der Waals surface area (Å²) in [5, 5.41) is 8.92. The molecule has 120 valence electrons.